The summed E-state index contributed by atoms with van der Waals surface area (Å²) in [7, 11) is 0. The van der Waals surface area contributed by atoms with E-state index in [0.717, 1.165) is 22.8 Å². The van der Waals surface area contributed by atoms with Gasteiger partial charge in [-0.15, -0.1) is 11.3 Å². The maximum absolute atomic E-state index is 6.00. The molecule has 0 bridgehead atoms. The first-order valence-electron chi connectivity index (χ1n) is 6.77. The van der Waals surface area contributed by atoms with Crippen molar-refractivity contribution >= 4 is 22.9 Å². The van der Waals surface area contributed by atoms with E-state index in [4.69, 9.17) is 11.6 Å². The van der Waals surface area contributed by atoms with Gasteiger partial charge in [0, 0.05) is 10.9 Å². The Morgan fingerprint density at radius 2 is 2.18 bits per heavy atom. The lowest BCUT2D eigenvalue weighted by molar-refractivity contribution is 0.262. The van der Waals surface area contributed by atoms with Crippen LogP contribution in [0, 0.1) is 5.92 Å². The first-order valence-corrected chi connectivity index (χ1v) is 7.96. The zero-order valence-electron chi connectivity index (χ0n) is 10.5. The normalized spacial score (nSPS) is 25.1. The highest BCUT2D eigenvalue weighted by molar-refractivity contribution is 7.16. The molecule has 1 aromatic rings. The monoisotopic (exact) mass is 271 g/mol. The van der Waals surface area contributed by atoms with Crippen LogP contribution in [0.5, 0.6) is 0 Å². The minimum atomic E-state index is 0.726. The van der Waals surface area contributed by atoms with Crippen LogP contribution in [-0.2, 0) is 6.42 Å². The van der Waals surface area contributed by atoms with Gasteiger partial charge in [-0.05, 0) is 50.3 Å². The topological polar surface area (TPSA) is 12.0 Å². The van der Waals surface area contributed by atoms with Crippen molar-refractivity contribution < 1.29 is 0 Å². The summed E-state index contributed by atoms with van der Waals surface area (Å²) in [5, 5.41) is 3.72. The second-order valence-corrected chi connectivity index (χ2v) is 6.81. The van der Waals surface area contributed by atoms with Crippen LogP contribution >= 0.6 is 22.9 Å². The van der Waals surface area contributed by atoms with E-state index in [1.54, 1.807) is 11.3 Å². The predicted octanol–water partition coefficient (Wildman–Crippen LogP) is 4.50. The van der Waals surface area contributed by atoms with Crippen molar-refractivity contribution in [2.24, 2.45) is 5.92 Å². The average Bonchev–Trinajstić information content (AvgIpc) is 2.74. The Kier molecular flexibility index (Phi) is 5.33. The van der Waals surface area contributed by atoms with E-state index in [-0.39, 0.29) is 0 Å². The Bertz CT molecular complexity index is 337. The molecular weight excluding hydrogens is 250 g/mol. The van der Waals surface area contributed by atoms with Crippen molar-refractivity contribution in [1.29, 1.82) is 0 Å². The average molecular weight is 272 g/mol. The molecule has 1 aliphatic rings. The quantitative estimate of drug-likeness (QED) is 0.831. The van der Waals surface area contributed by atoms with Crippen LogP contribution in [0.4, 0.5) is 0 Å². The molecule has 96 valence electrons. The van der Waals surface area contributed by atoms with E-state index in [9.17, 15) is 0 Å². The zero-order valence-corrected chi connectivity index (χ0v) is 12.1. The third kappa shape index (κ3) is 3.97. The fourth-order valence-electron chi connectivity index (χ4n) is 2.77. The highest BCUT2D eigenvalue weighted by Crippen LogP contribution is 2.31. The van der Waals surface area contributed by atoms with Crippen LogP contribution in [0.25, 0.3) is 0 Å². The van der Waals surface area contributed by atoms with Gasteiger partial charge in [0.05, 0.1) is 4.34 Å². The predicted molar refractivity (Wildman–Crippen MR) is 77.1 cm³/mol. The second kappa shape index (κ2) is 6.77. The zero-order chi connectivity index (χ0) is 12.1. The van der Waals surface area contributed by atoms with Gasteiger partial charge in [0.1, 0.15) is 0 Å². The summed E-state index contributed by atoms with van der Waals surface area (Å²) in [6, 6.07) is 4.95. The fourth-order valence-corrected chi connectivity index (χ4v) is 3.95. The molecule has 2 rings (SSSR count). The van der Waals surface area contributed by atoms with E-state index in [1.807, 2.05) is 6.07 Å². The van der Waals surface area contributed by atoms with Crippen LogP contribution in [0.1, 0.15) is 43.9 Å². The summed E-state index contributed by atoms with van der Waals surface area (Å²) in [5.41, 5.74) is 0. The third-order valence-electron chi connectivity index (χ3n) is 3.66. The molecule has 17 heavy (non-hydrogen) atoms. The van der Waals surface area contributed by atoms with E-state index in [0.29, 0.717) is 0 Å². The van der Waals surface area contributed by atoms with Gasteiger partial charge >= 0.3 is 0 Å². The van der Waals surface area contributed by atoms with E-state index < -0.39 is 0 Å². The summed E-state index contributed by atoms with van der Waals surface area (Å²) >= 11 is 7.75. The van der Waals surface area contributed by atoms with Crippen LogP contribution in [0.2, 0.25) is 4.34 Å². The fraction of sp³-hybridized carbons (Fsp3) is 0.714. The lowest BCUT2D eigenvalue weighted by Crippen LogP contribution is -2.39. The molecule has 0 saturated heterocycles. The summed E-state index contributed by atoms with van der Waals surface area (Å²) in [6.45, 7) is 3.40. The number of hydrogen-bond donors (Lipinski definition) is 1. The first kappa shape index (κ1) is 13.4. The summed E-state index contributed by atoms with van der Waals surface area (Å²) in [5.74, 6) is 0.810. The maximum Gasteiger partial charge on any atom is 0.0931 e. The maximum atomic E-state index is 6.00. The molecule has 0 amide bonds. The lowest BCUT2D eigenvalue weighted by atomic mass is 9.82. The molecule has 1 fully saturated rings. The smallest absolute Gasteiger partial charge is 0.0931 e. The molecule has 1 N–H and O–H groups in total. The SMILES string of the molecule is CCCNC1CCCCC1Cc1ccc(Cl)s1. The molecule has 0 radical (unpaired) electrons. The molecule has 3 heteroatoms. The molecule has 1 nitrogen and oxygen atoms in total. The lowest BCUT2D eigenvalue weighted by Gasteiger charge is -2.32. The summed E-state index contributed by atoms with van der Waals surface area (Å²) in [4.78, 5) is 1.45. The highest BCUT2D eigenvalue weighted by Gasteiger charge is 2.24. The Morgan fingerprint density at radius 3 is 2.88 bits per heavy atom. The number of hydrogen-bond acceptors (Lipinski definition) is 2. The largest absolute Gasteiger partial charge is 0.314 e. The van der Waals surface area contributed by atoms with Crippen LogP contribution in [0.3, 0.4) is 0 Å². The van der Waals surface area contributed by atoms with Crippen molar-refractivity contribution in [3.8, 4) is 0 Å². The van der Waals surface area contributed by atoms with Crippen LogP contribution in [-0.4, -0.2) is 12.6 Å². The standard InChI is InChI=1S/C14H22ClNS/c1-2-9-16-13-6-4-3-5-11(13)10-12-7-8-14(15)17-12/h7-8,11,13,16H,2-6,9-10H2,1H3. The third-order valence-corrected chi connectivity index (χ3v) is 4.91. The van der Waals surface area contributed by atoms with Crippen molar-refractivity contribution in [1.82, 2.24) is 5.32 Å². The number of thiophene rings is 1. The van der Waals surface area contributed by atoms with E-state index in [2.05, 4.69) is 18.3 Å². The molecule has 1 heterocycles. The van der Waals surface area contributed by atoms with Crippen molar-refractivity contribution in [3.05, 3.63) is 21.3 Å². The Morgan fingerprint density at radius 1 is 1.35 bits per heavy atom. The van der Waals surface area contributed by atoms with E-state index in [1.165, 1.54) is 43.4 Å². The molecule has 2 unspecified atom stereocenters. The van der Waals surface area contributed by atoms with Crippen molar-refractivity contribution in [2.45, 2.75) is 51.5 Å². The molecule has 1 saturated carbocycles. The Hall–Kier alpha value is -0.0500. The van der Waals surface area contributed by atoms with Gasteiger partial charge in [-0.1, -0.05) is 31.4 Å². The van der Waals surface area contributed by atoms with Gasteiger partial charge in [0.25, 0.3) is 0 Å². The molecule has 0 spiro atoms. The van der Waals surface area contributed by atoms with E-state index >= 15 is 0 Å². The second-order valence-electron chi connectivity index (χ2n) is 5.02. The van der Waals surface area contributed by atoms with Gasteiger partial charge in [-0.25, -0.2) is 0 Å². The molecule has 1 aliphatic carbocycles. The summed E-state index contributed by atoms with van der Waals surface area (Å²) in [6.07, 6.45) is 7.95. The van der Waals surface area contributed by atoms with Crippen molar-refractivity contribution in [3.63, 3.8) is 0 Å². The first-order chi connectivity index (χ1) is 8.29. The minimum absolute atomic E-state index is 0.726. The molecule has 2 atom stereocenters. The van der Waals surface area contributed by atoms with Gasteiger partial charge in [0.2, 0.25) is 0 Å². The van der Waals surface area contributed by atoms with Gasteiger partial charge < -0.3 is 5.32 Å². The minimum Gasteiger partial charge on any atom is -0.314 e. The number of rotatable bonds is 5. The number of halogens is 1. The Balaban J connectivity index is 1.91. The van der Waals surface area contributed by atoms with Gasteiger partial charge in [-0.2, -0.15) is 0 Å². The molecule has 1 aromatic heterocycles. The number of nitrogens with one attached hydrogen (secondary N) is 1. The molecule has 0 aliphatic heterocycles. The van der Waals surface area contributed by atoms with Crippen molar-refractivity contribution in [2.75, 3.05) is 6.54 Å². The highest BCUT2D eigenvalue weighted by atomic mass is 35.5. The molecule has 0 aromatic carbocycles. The Labute approximate surface area is 114 Å². The van der Waals surface area contributed by atoms with Gasteiger partial charge in [-0.3, -0.25) is 0 Å². The summed E-state index contributed by atoms with van der Waals surface area (Å²) < 4.78 is 0.925. The van der Waals surface area contributed by atoms with Gasteiger partial charge in [0.15, 0.2) is 0 Å². The molecular formula is C14H22ClNS. The van der Waals surface area contributed by atoms with Crippen LogP contribution in [0.15, 0.2) is 12.1 Å². The van der Waals surface area contributed by atoms with Crippen LogP contribution < -0.4 is 5.32 Å².